The highest BCUT2D eigenvalue weighted by atomic mass is 16.5. The fourth-order valence-electron chi connectivity index (χ4n) is 2.29. The zero-order valence-electron chi connectivity index (χ0n) is 12.8. The molecular formula is C16H17N3O3. The van der Waals surface area contributed by atoms with E-state index in [0.29, 0.717) is 5.56 Å². The Hall–Kier alpha value is -2.65. The summed E-state index contributed by atoms with van der Waals surface area (Å²) in [6, 6.07) is 6.98. The van der Waals surface area contributed by atoms with E-state index in [2.05, 4.69) is 0 Å². The number of pyridine rings is 2. The maximum absolute atomic E-state index is 12.5. The minimum atomic E-state index is -0.366. The van der Waals surface area contributed by atoms with E-state index in [4.69, 9.17) is 4.74 Å². The quantitative estimate of drug-likeness (QED) is 0.841. The largest absolute Gasteiger partial charge is 0.380 e. The summed E-state index contributed by atoms with van der Waals surface area (Å²) in [5.41, 5.74) is 1.59. The number of aryl methyl sites for hydroxylation is 2. The van der Waals surface area contributed by atoms with E-state index in [1.165, 1.54) is 22.3 Å². The monoisotopic (exact) mass is 299 g/mol. The number of ether oxygens (including phenoxy) is 1. The molecule has 0 saturated heterocycles. The highest BCUT2D eigenvalue weighted by molar-refractivity contribution is 5.37. The lowest BCUT2D eigenvalue weighted by Crippen LogP contribution is -2.27. The fraction of sp³-hybridized carbons (Fsp3) is 0.312. The van der Waals surface area contributed by atoms with Crippen molar-refractivity contribution < 1.29 is 4.74 Å². The summed E-state index contributed by atoms with van der Waals surface area (Å²) < 4.78 is 7.98. The predicted molar refractivity (Wildman–Crippen MR) is 81.7 cm³/mol. The number of nitrogens with zero attached hydrogens (tertiary/aromatic N) is 3. The van der Waals surface area contributed by atoms with Crippen LogP contribution in [0.3, 0.4) is 0 Å². The summed E-state index contributed by atoms with van der Waals surface area (Å²) in [6.07, 6.45) is 1.66. The lowest BCUT2D eigenvalue weighted by atomic mass is 10.1. The number of hydrogen-bond acceptors (Lipinski definition) is 4. The molecule has 0 radical (unpaired) electrons. The Labute approximate surface area is 127 Å². The minimum Gasteiger partial charge on any atom is -0.380 e. The van der Waals surface area contributed by atoms with Crippen molar-refractivity contribution in [3.8, 4) is 6.07 Å². The van der Waals surface area contributed by atoms with Gasteiger partial charge in [0.1, 0.15) is 11.6 Å². The molecule has 0 spiro atoms. The first-order valence-corrected chi connectivity index (χ1v) is 6.76. The number of nitriles is 1. The third-order valence-electron chi connectivity index (χ3n) is 3.51. The minimum absolute atomic E-state index is 0.0799. The van der Waals surface area contributed by atoms with E-state index in [1.807, 2.05) is 6.07 Å². The van der Waals surface area contributed by atoms with Gasteiger partial charge in [0.25, 0.3) is 11.1 Å². The van der Waals surface area contributed by atoms with Crippen LogP contribution < -0.4 is 11.1 Å². The first-order valence-electron chi connectivity index (χ1n) is 6.76. The molecule has 2 heterocycles. The summed E-state index contributed by atoms with van der Waals surface area (Å²) in [5.74, 6) is 0. The van der Waals surface area contributed by atoms with Gasteiger partial charge in [-0.15, -0.1) is 0 Å². The van der Waals surface area contributed by atoms with Crippen molar-refractivity contribution in [2.75, 3.05) is 7.11 Å². The Kier molecular flexibility index (Phi) is 4.59. The fourth-order valence-corrected chi connectivity index (χ4v) is 2.29. The van der Waals surface area contributed by atoms with E-state index < -0.39 is 0 Å². The highest BCUT2D eigenvalue weighted by Crippen LogP contribution is 2.10. The number of rotatable bonds is 4. The standard InChI is InChI=1S/C16H17N3O3/c1-11-6-13(10-22-3)14(8-17)16(21)19(11)9-12-4-5-18(2)15(20)7-12/h4-7H,9-10H2,1-3H3. The average Bonchev–Trinajstić information content (AvgIpc) is 2.47. The molecule has 6 heteroatoms. The molecule has 0 aliphatic carbocycles. The van der Waals surface area contributed by atoms with Crippen LogP contribution >= 0.6 is 0 Å². The molecule has 0 atom stereocenters. The van der Waals surface area contributed by atoms with Crippen LogP contribution in [0, 0.1) is 18.3 Å². The molecule has 0 aliphatic rings. The molecule has 0 unspecified atom stereocenters. The van der Waals surface area contributed by atoms with Crippen LogP contribution in [0.15, 0.2) is 34.0 Å². The van der Waals surface area contributed by atoms with Crippen LogP contribution in [0.5, 0.6) is 0 Å². The summed E-state index contributed by atoms with van der Waals surface area (Å²) >= 11 is 0. The Bertz CT molecular complexity index is 856. The van der Waals surface area contributed by atoms with Gasteiger partial charge in [-0.05, 0) is 24.6 Å². The molecule has 0 aromatic carbocycles. The van der Waals surface area contributed by atoms with Gasteiger partial charge in [-0.2, -0.15) is 5.26 Å². The van der Waals surface area contributed by atoms with Gasteiger partial charge in [-0.25, -0.2) is 0 Å². The molecule has 0 bridgehead atoms. The van der Waals surface area contributed by atoms with Crippen LogP contribution in [-0.2, 0) is 24.9 Å². The van der Waals surface area contributed by atoms with Crippen molar-refractivity contribution >= 4 is 0 Å². The zero-order valence-corrected chi connectivity index (χ0v) is 12.8. The summed E-state index contributed by atoms with van der Waals surface area (Å²) in [7, 11) is 3.18. The molecule has 0 N–H and O–H groups in total. The van der Waals surface area contributed by atoms with Crippen LogP contribution in [0.25, 0.3) is 0 Å². The van der Waals surface area contributed by atoms with Crippen molar-refractivity contribution in [3.05, 3.63) is 67.5 Å². The zero-order chi connectivity index (χ0) is 16.3. The van der Waals surface area contributed by atoms with E-state index >= 15 is 0 Å². The first kappa shape index (κ1) is 15.7. The Morgan fingerprint density at radius 3 is 2.64 bits per heavy atom. The van der Waals surface area contributed by atoms with Crippen LogP contribution in [-0.4, -0.2) is 16.2 Å². The van der Waals surface area contributed by atoms with E-state index in [1.54, 1.807) is 32.3 Å². The third kappa shape index (κ3) is 3.00. The predicted octanol–water partition coefficient (Wildman–Crippen LogP) is 0.922. The number of hydrogen-bond donors (Lipinski definition) is 0. The molecule has 6 nitrogen and oxygen atoms in total. The van der Waals surface area contributed by atoms with Crippen LogP contribution in [0.2, 0.25) is 0 Å². The SMILES string of the molecule is COCc1cc(C)n(Cc2ccn(C)c(=O)c2)c(=O)c1C#N. The van der Waals surface area contributed by atoms with Gasteiger partial charge in [-0.1, -0.05) is 0 Å². The number of methoxy groups -OCH3 is 1. The van der Waals surface area contributed by atoms with Gasteiger partial charge in [0, 0.05) is 37.7 Å². The van der Waals surface area contributed by atoms with Gasteiger partial charge < -0.3 is 13.9 Å². The van der Waals surface area contributed by atoms with Gasteiger partial charge >= 0.3 is 0 Å². The molecule has 0 aliphatic heterocycles. The van der Waals surface area contributed by atoms with Gasteiger partial charge in [0.15, 0.2) is 0 Å². The molecule has 2 aromatic rings. The van der Waals surface area contributed by atoms with Crippen molar-refractivity contribution in [2.45, 2.75) is 20.1 Å². The van der Waals surface area contributed by atoms with Crippen LogP contribution in [0.4, 0.5) is 0 Å². The Balaban J connectivity index is 2.52. The maximum Gasteiger partial charge on any atom is 0.269 e. The molecule has 114 valence electrons. The molecule has 22 heavy (non-hydrogen) atoms. The van der Waals surface area contributed by atoms with Gasteiger partial charge in [0.05, 0.1) is 13.2 Å². The molecule has 0 fully saturated rings. The van der Waals surface area contributed by atoms with Gasteiger partial charge in [-0.3, -0.25) is 9.59 Å². The van der Waals surface area contributed by atoms with Crippen molar-refractivity contribution in [3.63, 3.8) is 0 Å². The molecule has 0 amide bonds. The second-order valence-electron chi connectivity index (χ2n) is 5.11. The van der Waals surface area contributed by atoms with E-state index in [0.717, 1.165) is 11.3 Å². The summed E-state index contributed by atoms with van der Waals surface area (Å²) in [4.78, 5) is 24.1. The van der Waals surface area contributed by atoms with E-state index in [9.17, 15) is 14.9 Å². The molecule has 0 saturated carbocycles. The van der Waals surface area contributed by atoms with Crippen molar-refractivity contribution in [1.82, 2.24) is 9.13 Å². The topological polar surface area (TPSA) is 77.0 Å². The average molecular weight is 299 g/mol. The third-order valence-corrected chi connectivity index (χ3v) is 3.51. The smallest absolute Gasteiger partial charge is 0.269 e. The second-order valence-corrected chi connectivity index (χ2v) is 5.11. The lowest BCUT2D eigenvalue weighted by molar-refractivity contribution is 0.184. The second kappa shape index (κ2) is 6.41. The van der Waals surface area contributed by atoms with Crippen molar-refractivity contribution in [1.29, 1.82) is 5.26 Å². The van der Waals surface area contributed by atoms with Crippen molar-refractivity contribution in [2.24, 2.45) is 7.05 Å². The molecule has 2 rings (SSSR count). The molecule has 2 aromatic heterocycles. The Morgan fingerprint density at radius 2 is 2.05 bits per heavy atom. The van der Waals surface area contributed by atoms with E-state index in [-0.39, 0.29) is 29.8 Å². The summed E-state index contributed by atoms with van der Waals surface area (Å²) in [5, 5.41) is 9.22. The lowest BCUT2D eigenvalue weighted by Gasteiger charge is -2.13. The highest BCUT2D eigenvalue weighted by Gasteiger charge is 2.13. The first-order chi connectivity index (χ1) is 10.5. The maximum atomic E-state index is 12.5. The van der Waals surface area contributed by atoms with Crippen LogP contribution in [0.1, 0.15) is 22.4 Å². The molecular weight excluding hydrogens is 282 g/mol. The van der Waals surface area contributed by atoms with Gasteiger partial charge in [0.2, 0.25) is 0 Å². The Morgan fingerprint density at radius 1 is 1.32 bits per heavy atom. The number of aromatic nitrogens is 2. The summed E-state index contributed by atoms with van der Waals surface area (Å²) in [6.45, 7) is 2.26. The normalized spacial score (nSPS) is 10.5.